The van der Waals surface area contributed by atoms with E-state index in [0.717, 1.165) is 0 Å². The summed E-state index contributed by atoms with van der Waals surface area (Å²) in [5.41, 5.74) is 6.56. The van der Waals surface area contributed by atoms with Crippen LogP contribution in [-0.4, -0.2) is 40.3 Å². The lowest BCUT2D eigenvalue weighted by Gasteiger charge is -2.26. The fourth-order valence-corrected chi connectivity index (χ4v) is 2.04. The number of carbonyl (C=O) groups excluding carboxylic acids is 3. The fraction of sp³-hybridized carbons (Fsp3) is 0.417. The molecule has 1 fully saturated rings. The zero-order chi connectivity index (χ0) is 14.2. The molecular formula is C12H16N4O3. The highest BCUT2D eigenvalue weighted by Gasteiger charge is 2.29. The monoisotopic (exact) mass is 264 g/mol. The molecule has 2 heterocycles. The summed E-state index contributed by atoms with van der Waals surface area (Å²) in [7, 11) is 0. The molecule has 7 nitrogen and oxygen atoms in total. The maximum absolute atomic E-state index is 12.3. The van der Waals surface area contributed by atoms with Crippen molar-refractivity contribution in [1.82, 2.24) is 14.8 Å². The summed E-state index contributed by atoms with van der Waals surface area (Å²) in [4.78, 5) is 36.1. The van der Waals surface area contributed by atoms with E-state index < -0.39 is 11.8 Å². The van der Waals surface area contributed by atoms with Crippen molar-refractivity contribution in [2.75, 3.05) is 18.8 Å². The highest BCUT2D eigenvalue weighted by molar-refractivity contribution is 6.05. The molecule has 0 spiro atoms. The van der Waals surface area contributed by atoms with Gasteiger partial charge in [0.2, 0.25) is 11.8 Å². The quantitative estimate of drug-likeness (QED) is 0.720. The van der Waals surface area contributed by atoms with Crippen LogP contribution in [0, 0.1) is 0 Å². The van der Waals surface area contributed by atoms with Gasteiger partial charge in [-0.15, -0.1) is 0 Å². The lowest BCUT2D eigenvalue weighted by atomic mass is 10.2. The molecule has 0 saturated carbocycles. The van der Waals surface area contributed by atoms with Gasteiger partial charge in [-0.2, -0.15) is 0 Å². The second-order valence-corrected chi connectivity index (χ2v) is 4.79. The van der Waals surface area contributed by atoms with E-state index in [1.54, 1.807) is 16.8 Å². The van der Waals surface area contributed by atoms with Crippen molar-refractivity contribution in [2.45, 2.75) is 19.9 Å². The van der Waals surface area contributed by atoms with Gasteiger partial charge < -0.3 is 15.2 Å². The van der Waals surface area contributed by atoms with Gasteiger partial charge in [-0.05, 0) is 19.9 Å². The minimum atomic E-state index is -0.472. The number of amides is 3. The Hall–Kier alpha value is -2.31. The number of imide groups is 1. The van der Waals surface area contributed by atoms with Gasteiger partial charge in [-0.1, -0.05) is 0 Å². The smallest absolute Gasteiger partial charge is 0.271 e. The Labute approximate surface area is 110 Å². The molecule has 2 rings (SSSR count). The molecule has 7 heteroatoms. The maximum Gasteiger partial charge on any atom is 0.271 e. The van der Waals surface area contributed by atoms with E-state index in [4.69, 9.17) is 5.73 Å². The molecule has 0 atom stereocenters. The molecule has 1 aromatic heterocycles. The largest absolute Gasteiger partial charge is 0.397 e. The Balaban J connectivity index is 2.29. The van der Waals surface area contributed by atoms with Crippen LogP contribution in [0.15, 0.2) is 12.3 Å². The van der Waals surface area contributed by atoms with Crippen LogP contribution in [0.5, 0.6) is 0 Å². The van der Waals surface area contributed by atoms with Crippen LogP contribution in [0.25, 0.3) is 0 Å². The van der Waals surface area contributed by atoms with Crippen LogP contribution in [0.2, 0.25) is 0 Å². The van der Waals surface area contributed by atoms with Crippen molar-refractivity contribution in [2.24, 2.45) is 0 Å². The van der Waals surface area contributed by atoms with E-state index in [0.29, 0.717) is 11.4 Å². The Morgan fingerprint density at radius 2 is 1.89 bits per heavy atom. The summed E-state index contributed by atoms with van der Waals surface area (Å²) >= 11 is 0. The first-order valence-electron chi connectivity index (χ1n) is 5.97. The number of nitrogens with zero attached hydrogens (tertiary/aromatic N) is 2. The molecule has 0 unspecified atom stereocenters. The Morgan fingerprint density at radius 3 is 2.42 bits per heavy atom. The predicted molar refractivity (Wildman–Crippen MR) is 68.3 cm³/mol. The topological polar surface area (TPSA) is 97.4 Å². The Bertz CT molecular complexity index is 531. The number of aromatic nitrogens is 1. The first-order chi connectivity index (χ1) is 8.88. The van der Waals surface area contributed by atoms with Gasteiger partial charge in [0.1, 0.15) is 18.8 Å². The third kappa shape index (κ3) is 2.59. The molecule has 1 aliphatic rings. The fourth-order valence-electron chi connectivity index (χ4n) is 2.04. The molecule has 0 aliphatic carbocycles. The number of piperazine rings is 1. The maximum atomic E-state index is 12.3. The summed E-state index contributed by atoms with van der Waals surface area (Å²) < 4.78 is 1.73. The molecule has 102 valence electrons. The Morgan fingerprint density at radius 1 is 1.32 bits per heavy atom. The van der Waals surface area contributed by atoms with E-state index in [-0.39, 0.29) is 25.0 Å². The normalized spacial score (nSPS) is 15.8. The molecule has 19 heavy (non-hydrogen) atoms. The van der Waals surface area contributed by atoms with Crippen molar-refractivity contribution in [1.29, 1.82) is 0 Å². The summed E-state index contributed by atoms with van der Waals surface area (Å²) in [5, 5.41) is 2.15. The van der Waals surface area contributed by atoms with Gasteiger partial charge in [0, 0.05) is 12.2 Å². The molecular weight excluding hydrogens is 248 g/mol. The van der Waals surface area contributed by atoms with Gasteiger partial charge >= 0.3 is 0 Å². The van der Waals surface area contributed by atoms with Gasteiger partial charge in [0.25, 0.3) is 5.91 Å². The number of nitrogen functional groups attached to an aromatic ring is 1. The third-order valence-electron chi connectivity index (χ3n) is 2.88. The van der Waals surface area contributed by atoms with Crippen molar-refractivity contribution in [3.05, 3.63) is 18.0 Å². The zero-order valence-electron chi connectivity index (χ0n) is 10.8. The van der Waals surface area contributed by atoms with Crippen LogP contribution in [0.4, 0.5) is 5.69 Å². The first-order valence-corrected chi connectivity index (χ1v) is 5.97. The minimum Gasteiger partial charge on any atom is -0.397 e. The number of rotatable bonds is 2. The van der Waals surface area contributed by atoms with E-state index in [1.807, 2.05) is 13.8 Å². The van der Waals surface area contributed by atoms with Gasteiger partial charge in [0.15, 0.2) is 0 Å². The SMILES string of the molecule is CC(C)n1cc(N)cc1C(=O)N1CC(=O)NC(=O)C1. The van der Waals surface area contributed by atoms with Crippen LogP contribution >= 0.6 is 0 Å². The van der Waals surface area contributed by atoms with Crippen molar-refractivity contribution >= 4 is 23.4 Å². The number of hydrogen-bond donors (Lipinski definition) is 2. The Kier molecular flexibility index (Phi) is 3.28. The van der Waals surface area contributed by atoms with Crippen molar-refractivity contribution < 1.29 is 14.4 Å². The van der Waals surface area contributed by atoms with Crippen LogP contribution < -0.4 is 11.1 Å². The van der Waals surface area contributed by atoms with Crippen LogP contribution in [0.1, 0.15) is 30.4 Å². The van der Waals surface area contributed by atoms with Gasteiger partial charge in [-0.3, -0.25) is 19.7 Å². The lowest BCUT2D eigenvalue weighted by molar-refractivity contribution is -0.135. The van der Waals surface area contributed by atoms with Crippen molar-refractivity contribution in [3.8, 4) is 0 Å². The average Bonchev–Trinajstić information content (AvgIpc) is 2.69. The average molecular weight is 264 g/mol. The number of anilines is 1. The van der Waals surface area contributed by atoms with E-state index >= 15 is 0 Å². The predicted octanol–water partition coefficient (Wildman–Crippen LogP) is -0.250. The summed E-state index contributed by atoms with van der Waals surface area (Å²) in [6, 6.07) is 1.62. The summed E-state index contributed by atoms with van der Waals surface area (Å²) in [6.07, 6.45) is 1.67. The molecule has 3 amide bonds. The minimum absolute atomic E-state index is 0.0607. The van der Waals surface area contributed by atoms with Crippen LogP contribution in [0.3, 0.4) is 0 Å². The molecule has 1 saturated heterocycles. The highest BCUT2D eigenvalue weighted by atomic mass is 16.2. The molecule has 3 N–H and O–H groups in total. The van der Waals surface area contributed by atoms with Gasteiger partial charge in [-0.25, -0.2) is 0 Å². The first kappa shape index (κ1) is 13.1. The van der Waals surface area contributed by atoms with E-state index in [9.17, 15) is 14.4 Å². The van der Waals surface area contributed by atoms with E-state index in [1.165, 1.54) is 4.90 Å². The zero-order valence-corrected chi connectivity index (χ0v) is 10.8. The molecule has 0 radical (unpaired) electrons. The molecule has 0 aromatic carbocycles. The standard InChI is InChI=1S/C12H16N4O3/c1-7(2)16-4-8(13)3-9(16)12(19)15-5-10(17)14-11(18)6-15/h3-4,7H,5-6,13H2,1-2H3,(H,14,17,18). The number of nitrogens with two attached hydrogens (primary N) is 1. The van der Waals surface area contributed by atoms with E-state index in [2.05, 4.69) is 5.32 Å². The lowest BCUT2D eigenvalue weighted by Crippen LogP contribution is -2.53. The van der Waals surface area contributed by atoms with Gasteiger partial charge in [0.05, 0.1) is 5.69 Å². The molecule has 1 aliphatic heterocycles. The second kappa shape index (κ2) is 4.75. The summed E-state index contributed by atoms with van der Waals surface area (Å²) in [6.45, 7) is 3.61. The molecule has 0 bridgehead atoms. The molecule has 1 aromatic rings. The second-order valence-electron chi connectivity index (χ2n) is 4.79. The van der Waals surface area contributed by atoms with Crippen molar-refractivity contribution in [3.63, 3.8) is 0 Å². The highest BCUT2D eigenvalue weighted by Crippen LogP contribution is 2.18. The van der Waals surface area contributed by atoms with Crippen LogP contribution in [-0.2, 0) is 9.59 Å². The number of hydrogen-bond acceptors (Lipinski definition) is 4. The number of carbonyl (C=O) groups is 3. The third-order valence-corrected chi connectivity index (χ3v) is 2.88. The number of nitrogens with one attached hydrogen (secondary N) is 1. The summed E-state index contributed by atoms with van der Waals surface area (Å²) in [5.74, 6) is -1.31.